The van der Waals surface area contributed by atoms with Crippen molar-refractivity contribution in [3.05, 3.63) is 53.6 Å². The Labute approximate surface area is 308 Å². The number of hydrogen-bond acceptors (Lipinski definition) is 15. The number of rotatable bonds is 20. The first-order chi connectivity index (χ1) is 25.3. The summed E-state index contributed by atoms with van der Waals surface area (Å²) in [5.41, 5.74) is 1.16. The number of carbonyl (C=O) groups is 6. The predicted molar refractivity (Wildman–Crippen MR) is 189 cm³/mol. The quantitative estimate of drug-likeness (QED) is 0.0562. The van der Waals surface area contributed by atoms with E-state index in [1.165, 1.54) is 25.3 Å². The van der Waals surface area contributed by atoms with Crippen molar-refractivity contribution in [2.45, 2.75) is 85.4 Å². The Morgan fingerprint density at radius 1 is 0.566 bits per heavy atom. The van der Waals surface area contributed by atoms with Gasteiger partial charge >= 0.3 is 36.4 Å². The second-order valence-electron chi connectivity index (χ2n) is 11.8. The molecule has 0 unspecified atom stereocenters. The molecular formula is C38H48O15. The summed E-state index contributed by atoms with van der Waals surface area (Å²) >= 11 is 0. The van der Waals surface area contributed by atoms with Crippen LogP contribution in [0.1, 0.15) is 84.3 Å². The van der Waals surface area contributed by atoms with Gasteiger partial charge in [-0.3, -0.25) is 14.4 Å². The number of hydrogen-bond donors (Lipinski definition) is 0. The highest BCUT2D eigenvalue weighted by atomic mass is 16.7. The van der Waals surface area contributed by atoms with Gasteiger partial charge in [-0.25, -0.2) is 14.4 Å². The Balaban J connectivity index is 2.06. The van der Waals surface area contributed by atoms with Crippen LogP contribution in [0, 0.1) is 5.92 Å². The van der Waals surface area contributed by atoms with E-state index in [1.807, 2.05) is 6.92 Å². The fourth-order valence-corrected chi connectivity index (χ4v) is 4.19. The fourth-order valence-electron chi connectivity index (χ4n) is 4.19. The third kappa shape index (κ3) is 19.0. The zero-order valence-electron chi connectivity index (χ0n) is 30.9. The lowest BCUT2D eigenvalue weighted by Gasteiger charge is -2.13. The fraction of sp³-hybridized carbons (Fsp3) is 0.474. The molecule has 2 aromatic carbocycles. The lowest BCUT2D eigenvalue weighted by molar-refractivity contribution is -0.149. The molecule has 0 saturated heterocycles. The molecule has 0 aliphatic rings. The monoisotopic (exact) mass is 744 g/mol. The SMILES string of the molecule is CCC(=O)O[C@H](C)CCOC(=O)Oc1cc(/C=C/c2ccc(OC(=O)OCC[C@@H](C)CC(=O)OC)cc2)cc(OC(=O)OCC[C@@H](C)OC(=O)CC)c1. The number of methoxy groups -OCH3 is 1. The van der Waals surface area contributed by atoms with Gasteiger partial charge in [0, 0.05) is 38.2 Å². The summed E-state index contributed by atoms with van der Waals surface area (Å²) in [6.07, 6.45) is 1.11. The molecule has 0 heterocycles. The van der Waals surface area contributed by atoms with Crippen LogP contribution in [0.2, 0.25) is 0 Å². The Morgan fingerprint density at radius 2 is 1.00 bits per heavy atom. The maximum absolute atomic E-state index is 12.4. The predicted octanol–water partition coefficient (Wildman–Crippen LogP) is 7.46. The van der Waals surface area contributed by atoms with Crippen molar-refractivity contribution in [1.82, 2.24) is 0 Å². The highest BCUT2D eigenvalue weighted by Crippen LogP contribution is 2.26. The van der Waals surface area contributed by atoms with Crippen molar-refractivity contribution < 1.29 is 71.4 Å². The molecule has 3 atom stereocenters. The third-order valence-electron chi connectivity index (χ3n) is 7.16. The highest BCUT2D eigenvalue weighted by Gasteiger charge is 2.16. The second kappa shape index (κ2) is 23.8. The smallest absolute Gasteiger partial charge is 0.469 e. The zero-order chi connectivity index (χ0) is 39.2. The second-order valence-corrected chi connectivity index (χ2v) is 11.8. The minimum atomic E-state index is -1.03. The Morgan fingerprint density at radius 3 is 1.45 bits per heavy atom. The topological polar surface area (TPSA) is 185 Å². The summed E-state index contributed by atoms with van der Waals surface area (Å²) in [6, 6.07) is 10.8. The van der Waals surface area contributed by atoms with Crippen molar-refractivity contribution in [2.75, 3.05) is 26.9 Å². The number of ether oxygens (including phenoxy) is 9. The molecular weight excluding hydrogens is 696 g/mol. The molecule has 0 spiro atoms. The van der Waals surface area contributed by atoms with Crippen LogP contribution in [0.15, 0.2) is 42.5 Å². The van der Waals surface area contributed by atoms with Gasteiger partial charge in [0.25, 0.3) is 0 Å². The maximum atomic E-state index is 12.4. The highest BCUT2D eigenvalue weighted by molar-refractivity contribution is 5.74. The Bertz CT molecular complexity index is 1470. The molecule has 0 N–H and O–H groups in total. The molecule has 15 nitrogen and oxygen atoms in total. The molecule has 0 bridgehead atoms. The van der Waals surface area contributed by atoms with E-state index in [4.69, 9.17) is 37.9 Å². The summed E-state index contributed by atoms with van der Waals surface area (Å²) in [6.45, 7) is 8.46. The van der Waals surface area contributed by atoms with Crippen LogP contribution in [0.5, 0.6) is 17.2 Å². The van der Waals surface area contributed by atoms with Crippen LogP contribution in [-0.4, -0.2) is 75.5 Å². The van der Waals surface area contributed by atoms with E-state index in [0.29, 0.717) is 17.5 Å². The largest absolute Gasteiger partial charge is 0.513 e. The first-order valence-electron chi connectivity index (χ1n) is 17.2. The van der Waals surface area contributed by atoms with E-state index < -0.39 is 30.7 Å². The van der Waals surface area contributed by atoms with Crippen molar-refractivity contribution in [2.24, 2.45) is 5.92 Å². The summed E-state index contributed by atoms with van der Waals surface area (Å²) in [4.78, 5) is 71.2. The van der Waals surface area contributed by atoms with Crippen LogP contribution in [0.25, 0.3) is 12.2 Å². The van der Waals surface area contributed by atoms with Crippen LogP contribution >= 0.6 is 0 Å². The minimum absolute atomic E-state index is 0.00698. The van der Waals surface area contributed by atoms with Crippen molar-refractivity contribution >= 4 is 48.5 Å². The number of esters is 3. The molecule has 53 heavy (non-hydrogen) atoms. The van der Waals surface area contributed by atoms with E-state index >= 15 is 0 Å². The average Bonchev–Trinajstić information content (AvgIpc) is 3.10. The zero-order valence-corrected chi connectivity index (χ0v) is 30.9. The molecule has 2 rings (SSSR count). The van der Waals surface area contributed by atoms with Gasteiger partial charge in [-0.15, -0.1) is 0 Å². The van der Waals surface area contributed by atoms with Crippen LogP contribution in [0.4, 0.5) is 14.4 Å². The normalized spacial score (nSPS) is 12.4. The maximum Gasteiger partial charge on any atom is 0.513 e. The molecule has 290 valence electrons. The minimum Gasteiger partial charge on any atom is -0.469 e. The lowest BCUT2D eigenvalue weighted by atomic mass is 10.1. The average molecular weight is 745 g/mol. The van der Waals surface area contributed by atoms with Gasteiger partial charge in [0.05, 0.1) is 26.9 Å². The van der Waals surface area contributed by atoms with Crippen molar-refractivity contribution in [3.63, 3.8) is 0 Å². The van der Waals surface area contributed by atoms with Crippen LogP contribution < -0.4 is 14.2 Å². The van der Waals surface area contributed by atoms with Crippen LogP contribution in [0.3, 0.4) is 0 Å². The lowest BCUT2D eigenvalue weighted by Crippen LogP contribution is -2.19. The number of carbonyl (C=O) groups excluding carboxylic acids is 6. The summed E-state index contributed by atoms with van der Waals surface area (Å²) in [7, 11) is 1.31. The molecule has 0 amide bonds. The van der Waals surface area contributed by atoms with Crippen molar-refractivity contribution in [1.29, 1.82) is 0 Å². The third-order valence-corrected chi connectivity index (χ3v) is 7.16. The van der Waals surface area contributed by atoms with Crippen LogP contribution in [-0.2, 0) is 42.8 Å². The molecule has 15 heteroatoms. The van der Waals surface area contributed by atoms with Gasteiger partial charge in [-0.1, -0.05) is 45.1 Å². The van der Waals surface area contributed by atoms with Gasteiger partial charge in [-0.05, 0) is 61.6 Å². The van der Waals surface area contributed by atoms with Gasteiger partial charge in [0.15, 0.2) is 0 Å². The Hall–Kier alpha value is -5.60. The molecule has 0 radical (unpaired) electrons. The first kappa shape index (κ1) is 43.6. The standard InChI is InChI=1S/C38H48O15/c1-7-33(39)49-26(4)16-19-47-37(43)52-31-22-29(23-32(24-31)53-38(44)48-20-17-27(5)50-34(40)8-2)10-9-28-11-13-30(14-12-28)51-36(42)46-18-15-25(3)21-35(41)45-6/h9-14,22-27H,7-8,15-21H2,1-6H3/b10-9+/t25-,26-,27-/m1/s1. The van der Waals surface area contributed by atoms with E-state index in [0.717, 1.165) is 0 Å². The molecule has 0 aromatic heterocycles. The first-order valence-corrected chi connectivity index (χ1v) is 17.2. The van der Waals surface area contributed by atoms with Gasteiger partial charge in [-0.2, -0.15) is 0 Å². The molecule has 0 aliphatic heterocycles. The van der Waals surface area contributed by atoms with Gasteiger partial charge in [0.2, 0.25) is 0 Å². The van der Waals surface area contributed by atoms with E-state index in [9.17, 15) is 28.8 Å². The van der Waals surface area contributed by atoms with E-state index in [2.05, 4.69) is 4.74 Å². The molecule has 0 fully saturated rings. The Kier molecular flexibility index (Phi) is 19.6. The van der Waals surface area contributed by atoms with E-state index in [-0.39, 0.29) is 93.0 Å². The molecule has 2 aromatic rings. The summed E-state index contributed by atoms with van der Waals surface area (Å²) in [5, 5.41) is 0. The van der Waals surface area contributed by atoms with Gasteiger partial charge in [0.1, 0.15) is 29.5 Å². The summed E-state index contributed by atoms with van der Waals surface area (Å²) < 4.78 is 46.1. The van der Waals surface area contributed by atoms with Gasteiger partial charge < -0.3 is 42.6 Å². The molecule has 0 saturated carbocycles. The molecule has 0 aliphatic carbocycles. The van der Waals surface area contributed by atoms with Crippen molar-refractivity contribution in [3.8, 4) is 17.2 Å². The summed E-state index contributed by atoms with van der Waals surface area (Å²) in [5.74, 6) is -0.878. The van der Waals surface area contributed by atoms with E-state index in [1.54, 1.807) is 64.1 Å². The number of benzene rings is 2.